The standard InChI is InChI=1S/C17H16ClN3O5S/c18-12-2-1-3-14(8-12)27(25,26)20-13-7-11-6-10(16(22)23)4-5-15(11)21(9-13)17(19)24/h1-6,8,13,20H,7,9H2,(H2,19,24)(H,22,23). The molecule has 2 amide bonds. The number of nitrogens with two attached hydrogens (primary N) is 1. The van der Waals surface area contributed by atoms with E-state index in [-0.39, 0.29) is 28.4 Å². The van der Waals surface area contributed by atoms with Crippen LogP contribution in [0.3, 0.4) is 0 Å². The Bertz CT molecular complexity index is 1020. The SMILES string of the molecule is NC(=O)N1CC(NS(=O)(=O)c2cccc(Cl)c2)Cc2cc(C(=O)O)ccc21. The molecule has 0 aromatic heterocycles. The van der Waals surface area contributed by atoms with Gasteiger partial charge in [-0.2, -0.15) is 0 Å². The van der Waals surface area contributed by atoms with Crippen molar-refractivity contribution in [2.45, 2.75) is 17.4 Å². The molecule has 0 saturated heterocycles. The molecule has 0 aliphatic carbocycles. The number of urea groups is 1. The highest BCUT2D eigenvalue weighted by Crippen LogP contribution is 2.29. The zero-order valence-corrected chi connectivity index (χ0v) is 15.5. The first-order chi connectivity index (χ1) is 12.7. The first-order valence-corrected chi connectivity index (χ1v) is 9.74. The van der Waals surface area contributed by atoms with E-state index in [0.29, 0.717) is 11.3 Å². The number of nitrogens with one attached hydrogen (secondary N) is 1. The third-order valence-electron chi connectivity index (χ3n) is 4.18. The Morgan fingerprint density at radius 1 is 1.22 bits per heavy atom. The number of carbonyl (C=O) groups excluding carboxylic acids is 1. The molecule has 0 fully saturated rings. The number of halogens is 1. The van der Waals surface area contributed by atoms with Crippen molar-refractivity contribution in [3.8, 4) is 0 Å². The van der Waals surface area contributed by atoms with Crippen molar-refractivity contribution >= 4 is 39.3 Å². The minimum absolute atomic E-state index is 0.00860. The zero-order valence-electron chi connectivity index (χ0n) is 13.9. The Morgan fingerprint density at radius 2 is 1.96 bits per heavy atom. The summed E-state index contributed by atoms with van der Waals surface area (Å²) in [4.78, 5) is 24.2. The Kier molecular flexibility index (Phi) is 5.09. The van der Waals surface area contributed by atoms with Crippen LogP contribution in [0.25, 0.3) is 0 Å². The topological polar surface area (TPSA) is 130 Å². The maximum Gasteiger partial charge on any atom is 0.335 e. The van der Waals surface area contributed by atoms with Crippen molar-refractivity contribution in [1.29, 1.82) is 0 Å². The molecular weight excluding hydrogens is 394 g/mol. The second kappa shape index (κ2) is 7.18. The van der Waals surface area contributed by atoms with Crippen LogP contribution in [0.15, 0.2) is 47.4 Å². The van der Waals surface area contributed by atoms with Crippen LogP contribution in [0, 0.1) is 0 Å². The normalized spacial score (nSPS) is 16.6. The molecule has 27 heavy (non-hydrogen) atoms. The van der Waals surface area contributed by atoms with Crippen LogP contribution in [0.5, 0.6) is 0 Å². The van der Waals surface area contributed by atoms with Gasteiger partial charge >= 0.3 is 12.0 Å². The monoisotopic (exact) mass is 409 g/mol. The number of hydrogen-bond donors (Lipinski definition) is 3. The molecule has 0 radical (unpaired) electrons. The summed E-state index contributed by atoms with van der Waals surface area (Å²) >= 11 is 5.86. The molecule has 1 aliphatic rings. The number of fused-ring (bicyclic) bond motifs is 1. The number of rotatable bonds is 4. The Morgan fingerprint density at radius 3 is 2.59 bits per heavy atom. The maximum atomic E-state index is 12.6. The lowest BCUT2D eigenvalue weighted by molar-refractivity contribution is 0.0696. The Hall–Kier alpha value is -2.62. The van der Waals surface area contributed by atoms with Gasteiger partial charge in [-0.05, 0) is 48.4 Å². The lowest BCUT2D eigenvalue weighted by atomic mass is 9.96. The first kappa shape index (κ1) is 19.2. The van der Waals surface area contributed by atoms with Gasteiger partial charge in [-0.1, -0.05) is 17.7 Å². The van der Waals surface area contributed by atoms with Crippen LogP contribution in [0.2, 0.25) is 5.02 Å². The lowest BCUT2D eigenvalue weighted by Gasteiger charge is -2.34. The smallest absolute Gasteiger partial charge is 0.335 e. The largest absolute Gasteiger partial charge is 0.478 e. The van der Waals surface area contributed by atoms with Crippen molar-refractivity contribution in [2.75, 3.05) is 11.4 Å². The van der Waals surface area contributed by atoms with Gasteiger partial charge in [-0.15, -0.1) is 0 Å². The van der Waals surface area contributed by atoms with Crippen LogP contribution < -0.4 is 15.4 Å². The van der Waals surface area contributed by atoms with Crippen LogP contribution >= 0.6 is 11.6 Å². The van der Waals surface area contributed by atoms with Crippen LogP contribution in [0.4, 0.5) is 10.5 Å². The number of primary amides is 1. The second-order valence-corrected chi connectivity index (χ2v) is 8.23. The van der Waals surface area contributed by atoms with E-state index in [0.717, 1.165) is 0 Å². The van der Waals surface area contributed by atoms with Gasteiger partial charge in [-0.3, -0.25) is 4.90 Å². The zero-order chi connectivity index (χ0) is 19.8. The van der Waals surface area contributed by atoms with Crippen molar-refractivity contribution < 1.29 is 23.1 Å². The summed E-state index contributed by atoms with van der Waals surface area (Å²) in [5, 5.41) is 9.43. The minimum Gasteiger partial charge on any atom is -0.478 e. The van der Waals surface area contributed by atoms with Gasteiger partial charge in [0.25, 0.3) is 0 Å². The molecule has 1 aliphatic heterocycles. The minimum atomic E-state index is -3.89. The third kappa shape index (κ3) is 4.05. The number of benzene rings is 2. The number of nitrogens with zero attached hydrogens (tertiary/aromatic N) is 1. The second-order valence-electron chi connectivity index (χ2n) is 6.08. The molecule has 4 N–H and O–H groups in total. The van der Waals surface area contributed by atoms with E-state index in [9.17, 15) is 18.0 Å². The summed E-state index contributed by atoms with van der Waals surface area (Å²) < 4.78 is 27.8. The summed E-state index contributed by atoms with van der Waals surface area (Å²) in [5.74, 6) is -1.12. The molecule has 1 unspecified atom stereocenters. The average Bonchev–Trinajstić information content (AvgIpc) is 2.60. The molecular formula is C17H16ClN3O5S. The molecule has 1 heterocycles. The van der Waals surface area contributed by atoms with E-state index in [1.54, 1.807) is 6.07 Å². The summed E-state index contributed by atoms with van der Waals surface area (Å²) in [6.45, 7) is 0.0224. The van der Waals surface area contributed by atoms with Crippen molar-refractivity contribution in [1.82, 2.24) is 4.72 Å². The summed E-state index contributed by atoms with van der Waals surface area (Å²) in [6, 6.07) is 8.62. The predicted molar refractivity (Wildman–Crippen MR) is 99.6 cm³/mol. The van der Waals surface area contributed by atoms with E-state index < -0.39 is 28.1 Å². The number of hydrogen-bond acceptors (Lipinski definition) is 4. The number of sulfonamides is 1. The number of amides is 2. The summed E-state index contributed by atoms with van der Waals surface area (Å²) in [6.07, 6.45) is 0.208. The highest BCUT2D eigenvalue weighted by molar-refractivity contribution is 7.89. The number of anilines is 1. The fourth-order valence-corrected chi connectivity index (χ4v) is 4.53. The number of carboxylic acid groups (broad SMARTS) is 1. The summed E-state index contributed by atoms with van der Waals surface area (Å²) in [7, 11) is -3.89. The fourth-order valence-electron chi connectivity index (χ4n) is 3.00. The number of carbonyl (C=O) groups is 2. The number of aromatic carboxylic acids is 1. The third-order valence-corrected chi connectivity index (χ3v) is 5.93. The molecule has 142 valence electrons. The average molecular weight is 410 g/mol. The van der Waals surface area contributed by atoms with Crippen LogP contribution in [-0.2, 0) is 16.4 Å². The van der Waals surface area contributed by atoms with E-state index in [4.69, 9.17) is 22.4 Å². The van der Waals surface area contributed by atoms with Crippen LogP contribution in [-0.4, -0.2) is 38.1 Å². The molecule has 0 spiro atoms. The summed E-state index contributed by atoms with van der Waals surface area (Å²) in [5.41, 5.74) is 6.43. The highest BCUT2D eigenvalue weighted by Gasteiger charge is 2.31. The molecule has 10 heteroatoms. The first-order valence-electron chi connectivity index (χ1n) is 7.88. The van der Waals surface area contributed by atoms with Crippen molar-refractivity contribution in [2.24, 2.45) is 5.73 Å². The van der Waals surface area contributed by atoms with Gasteiger partial charge in [-0.25, -0.2) is 22.7 Å². The van der Waals surface area contributed by atoms with E-state index in [1.165, 1.54) is 41.3 Å². The Labute approximate surface area is 160 Å². The van der Waals surface area contributed by atoms with Gasteiger partial charge in [0.2, 0.25) is 10.0 Å². The molecule has 0 bridgehead atoms. The molecule has 0 saturated carbocycles. The van der Waals surface area contributed by atoms with E-state index in [1.807, 2.05) is 0 Å². The molecule has 1 atom stereocenters. The maximum absolute atomic E-state index is 12.6. The van der Waals surface area contributed by atoms with Crippen molar-refractivity contribution in [3.05, 3.63) is 58.6 Å². The van der Waals surface area contributed by atoms with Gasteiger partial charge in [0.1, 0.15) is 0 Å². The van der Waals surface area contributed by atoms with E-state index >= 15 is 0 Å². The molecule has 3 rings (SSSR count). The lowest BCUT2D eigenvalue weighted by Crippen LogP contribution is -2.51. The fraction of sp³-hybridized carbons (Fsp3) is 0.176. The van der Waals surface area contributed by atoms with Gasteiger partial charge in [0.15, 0.2) is 0 Å². The Balaban J connectivity index is 1.93. The number of carboxylic acids is 1. The molecule has 8 nitrogen and oxygen atoms in total. The van der Waals surface area contributed by atoms with Crippen molar-refractivity contribution in [3.63, 3.8) is 0 Å². The van der Waals surface area contributed by atoms with Gasteiger partial charge in [0.05, 0.1) is 10.5 Å². The van der Waals surface area contributed by atoms with Gasteiger partial charge in [0, 0.05) is 23.3 Å². The molecule has 2 aromatic carbocycles. The van der Waals surface area contributed by atoms with Gasteiger partial charge < -0.3 is 10.8 Å². The van der Waals surface area contributed by atoms with Crippen LogP contribution in [0.1, 0.15) is 15.9 Å². The predicted octanol–water partition coefficient (Wildman–Crippen LogP) is 1.83. The quantitative estimate of drug-likeness (QED) is 0.709. The van der Waals surface area contributed by atoms with E-state index in [2.05, 4.69) is 4.72 Å². The molecule has 2 aromatic rings. The highest BCUT2D eigenvalue weighted by atomic mass is 35.5.